The van der Waals surface area contributed by atoms with Crippen LogP contribution in [0.3, 0.4) is 0 Å². The molecule has 0 spiro atoms. The van der Waals surface area contributed by atoms with Gasteiger partial charge in [0, 0.05) is 23.7 Å². The van der Waals surface area contributed by atoms with Crippen molar-refractivity contribution in [3.8, 4) is 11.5 Å². The highest BCUT2D eigenvalue weighted by atomic mass is 16.5. The standard InChI is InChI=1S/C19H22N2O3/c1-4-12-9-13(10-17(23-2)18(12)24-3)20-11-15-14-7-5-6-8-16(14)21-19(15)22/h6,8-11,20H,4-5,7H2,1-3H3,(H,21,22)/b15-11-. The molecule has 24 heavy (non-hydrogen) atoms. The number of rotatable bonds is 5. The number of hydrogen-bond acceptors (Lipinski definition) is 4. The SMILES string of the molecule is CCc1cc(N/C=C2\C(=O)NC3=C2CCC=C3)cc(OC)c1OC. The van der Waals surface area contributed by atoms with Crippen molar-refractivity contribution in [2.24, 2.45) is 0 Å². The number of methoxy groups -OCH3 is 2. The van der Waals surface area contributed by atoms with Gasteiger partial charge in [-0.1, -0.05) is 13.0 Å². The van der Waals surface area contributed by atoms with Gasteiger partial charge in [-0.15, -0.1) is 0 Å². The Hall–Kier alpha value is -2.69. The van der Waals surface area contributed by atoms with Gasteiger partial charge in [0.05, 0.1) is 19.8 Å². The Morgan fingerprint density at radius 3 is 2.83 bits per heavy atom. The summed E-state index contributed by atoms with van der Waals surface area (Å²) in [6, 6.07) is 3.89. The van der Waals surface area contributed by atoms with Gasteiger partial charge >= 0.3 is 0 Å². The van der Waals surface area contributed by atoms with Crippen LogP contribution in [0.15, 0.2) is 47.3 Å². The molecule has 1 amide bonds. The van der Waals surface area contributed by atoms with E-state index in [4.69, 9.17) is 9.47 Å². The number of allylic oxidation sites excluding steroid dienone is 2. The quantitative estimate of drug-likeness (QED) is 0.815. The summed E-state index contributed by atoms with van der Waals surface area (Å²) in [6.07, 6.45) is 8.50. The van der Waals surface area contributed by atoms with Crippen LogP contribution in [0.25, 0.3) is 0 Å². The summed E-state index contributed by atoms with van der Waals surface area (Å²) >= 11 is 0. The first-order valence-corrected chi connectivity index (χ1v) is 8.11. The number of carbonyl (C=O) groups is 1. The fraction of sp³-hybridized carbons (Fsp3) is 0.316. The monoisotopic (exact) mass is 326 g/mol. The molecular formula is C19H22N2O3. The van der Waals surface area contributed by atoms with E-state index in [1.807, 2.05) is 18.2 Å². The van der Waals surface area contributed by atoms with Gasteiger partial charge in [0.1, 0.15) is 0 Å². The molecule has 1 heterocycles. The lowest BCUT2D eigenvalue weighted by molar-refractivity contribution is -0.116. The van der Waals surface area contributed by atoms with Gasteiger partial charge in [-0.25, -0.2) is 0 Å². The van der Waals surface area contributed by atoms with E-state index in [1.54, 1.807) is 20.4 Å². The zero-order chi connectivity index (χ0) is 17.1. The zero-order valence-corrected chi connectivity index (χ0v) is 14.2. The molecule has 0 aromatic heterocycles. The van der Waals surface area contributed by atoms with E-state index in [0.29, 0.717) is 11.3 Å². The van der Waals surface area contributed by atoms with Crippen LogP contribution in [0, 0.1) is 0 Å². The smallest absolute Gasteiger partial charge is 0.257 e. The van der Waals surface area contributed by atoms with Crippen molar-refractivity contribution < 1.29 is 14.3 Å². The lowest BCUT2D eigenvalue weighted by atomic mass is 9.98. The van der Waals surface area contributed by atoms with Crippen LogP contribution in [-0.4, -0.2) is 20.1 Å². The summed E-state index contributed by atoms with van der Waals surface area (Å²) in [4.78, 5) is 12.2. The average Bonchev–Trinajstić information content (AvgIpc) is 2.94. The molecule has 126 valence electrons. The van der Waals surface area contributed by atoms with E-state index >= 15 is 0 Å². The van der Waals surface area contributed by atoms with Crippen LogP contribution in [0.4, 0.5) is 5.69 Å². The second kappa shape index (κ2) is 6.83. The number of nitrogens with one attached hydrogen (secondary N) is 2. The Bertz CT molecular complexity index is 735. The Labute approximate surface area is 142 Å². The van der Waals surface area contributed by atoms with Crippen molar-refractivity contribution in [1.29, 1.82) is 0 Å². The summed E-state index contributed by atoms with van der Waals surface area (Å²) in [5, 5.41) is 6.14. The molecule has 2 N–H and O–H groups in total. The van der Waals surface area contributed by atoms with Gasteiger partial charge in [0.2, 0.25) is 0 Å². The Morgan fingerprint density at radius 2 is 2.12 bits per heavy atom. The Morgan fingerprint density at radius 1 is 1.29 bits per heavy atom. The summed E-state index contributed by atoms with van der Waals surface area (Å²) in [5.41, 5.74) is 4.61. The fourth-order valence-electron chi connectivity index (χ4n) is 3.09. The molecule has 2 aliphatic rings. The van der Waals surface area contributed by atoms with Gasteiger partial charge in [0.25, 0.3) is 5.91 Å². The van der Waals surface area contributed by atoms with Crippen LogP contribution in [0.2, 0.25) is 0 Å². The molecule has 0 saturated carbocycles. The molecule has 1 aromatic carbocycles. The maximum absolute atomic E-state index is 12.2. The lowest BCUT2D eigenvalue weighted by Crippen LogP contribution is -2.16. The molecule has 0 fully saturated rings. The van der Waals surface area contributed by atoms with Crippen LogP contribution >= 0.6 is 0 Å². The molecule has 5 heteroatoms. The maximum atomic E-state index is 12.2. The Kier molecular flexibility index (Phi) is 4.60. The van der Waals surface area contributed by atoms with E-state index in [0.717, 1.165) is 47.5 Å². The van der Waals surface area contributed by atoms with Gasteiger partial charge < -0.3 is 20.1 Å². The molecule has 0 saturated heterocycles. The van der Waals surface area contributed by atoms with E-state index in [2.05, 4.69) is 23.6 Å². The number of anilines is 1. The van der Waals surface area contributed by atoms with Crippen LogP contribution in [0.1, 0.15) is 25.3 Å². The minimum atomic E-state index is -0.0600. The van der Waals surface area contributed by atoms with Crippen molar-refractivity contribution in [2.75, 3.05) is 19.5 Å². The zero-order valence-electron chi connectivity index (χ0n) is 14.2. The van der Waals surface area contributed by atoms with Gasteiger partial charge in [-0.2, -0.15) is 0 Å². The maximum Gasteiger partial charge on any atom is 0.257 e. The van der Waals surface area contributed by atoms with Crippen molar-refractivity contribution >= 4 is 11.6 Å². The number of benzene rings is 1. The molecule has 1 aliphatic heterocycles. The molecule has 0 atom stereocenters. The number of aryl methyl sites for hydroxylation is 1. The largest absolute Gasteiger partial charge is 0.493 e. The normalized spacial score (nSPS) is 17.8. The predicted octanol–water partition coefficient (Wildman–Crippen LogP) is 3.30. The van der Waals surface area contributed by atoms with Crippen LogP contribution in [0.5, 0.6) is 11.5 Å². The summed E-state index contributed by atoms with van der Waals surface area (Å²) in [5.74, 6) is 1.36. The average molecular weight is 326 g/mol. The second-order valence-electron chi connectivity index (χ2n) is 5.71. The van der Waals surface area contributed by atoms with Crippen molar-refractivity contribution in [3.63, 3.8) is 0 Å². The highest BCUT2D eigenvalue weighted by Gasteiger charge is 2.26. The second-order valence-corrected chi connectivity index (χ2v) is 5.71. The molecule has 5 nitrogen and oxygen atoms in total. The summed E-state index contributed by atoms with van der Waals surface area (Å²) in [6.45, 7) is 2.06. The van der Waals surface area contributed by atoms with E-state index in [1.165, 1.54) is 0 Å². The minimum absolute atomic E-state index is 0.0600. The molecule has 0 bridgehead atoms. The molecule has 3 rings (SSSR count). The van der Waals surface area contributed by atoms with E-state index in [9.17, 15) is 4.79 Å². The van der Waals surface area contributed by atoms with Crippen molar-refractivity contribution in [3.05, 3.63) is 52.9 Å². The first kappa shape index (κ1) is 16.2. The van der Waals surface area contributed by atoms with E-state index in [-0.39, 0.29) is 5.91 Å². The van der Waals surface area contributed by atoms with E-state index < -0.39 is 0 Å². The number of ether oxygens (including phenoxy) is 2. The van der Waals surface area contributed by atoms with Crippen molar-refractivity contribution in [1.82, 2.24) is 5.32 Å². The number of hydrogen-bond donors (Lipinski definition) is 2. The van der Waals surface area contributed by atoms with Gasteiger partial charge in [0.15, 0.2) is 11.5 Å². The molecule has 1 aromatic rings. The topological polar surface area (TPSA) is 59.6 Å². The Balaban J connectivity index is 1.90. The van der Waals surface area contributed by atoms with Crippen LogP contribution < -0.4 is 20.1 Å². The highest BCUT2D eigenvalue weighted by molar-refractivity contribution is 6.03. The first-order chi connectivity index (χ1) is 11.7. The third-order valence-electron chi connectivity index (χ3n) is 4.31. The first-order valence-electron chi connectivity index (χ1n) is 8.11. The third-order valence-corrected chi connectivity index (χ3v) is 4.31. The highest BCUT2D eigenvalue weighted by Crippen LogP contribution is 2.35. The summed E-state index contributed by atoms with van der Waals surface area (Å²) in [7, 11) is 3.26. The number of amides is 1. The number of carbonyl (C=O) groups excluding carboxylic acids is 1. The predicted molar refractivity (Wildman–Crippen MR) is 94.2 cm³/mol. The van der Waals surface area contributed by atoms with Crippen molar-refractivity contribution in [2.45, 2.75) is 26.2 Å². The lowest BCUT2D eigenvalue weighted by Gasteiger charge is -2.14. The fourth-order valence-corrected chi connectivity index (χ4v) is 3.09. The molecule has 1 aliphatic carbocycles. The minimum Gasteiger partial charge on any atom is -0.493 e. The molecular weight excluding hydrogens is 304 g/mol. The van der Waals surface area contributed by atoms with Gasteiger partial charge in [-0.05, 0) is 42.5 Å². The summed E-state index contributed by atoms with van der Waals surface area (Å²) < 4.78 is 10.8. The molecule has 0 radical (unpaired) electrons. The van der Waals surface area contributed by atoms with Gasteiger partial charge in [-0.3, -0.25) is 4.79 Å². The molecule has 0 unspecified atom stereocenters. The van der Waals surface area contributed by atoms with Crippen LogP contribution in [-0.2, 0) is 11.2 Å². The third kappa shape index (κ3) is 2.89.